The van der Waals surface area contributed by atoms with E-state index in [1.54, 1.807) is 27.8 Å². The average Bonchev–Trinajstić information content (AvgIpc) is 2.70. The molecule has 1 aliphatic carbocycles. The average molecular weight is 228 g/mol. The van der Waals surface area contributed by atoms with Crippen LogP contribution in [0.25, 0.3) is 5.57 Å². The second-order valence-corrected chi connectivity index (χ2v) is 4.91. The summed E-state index contributed by atoms with van der Waals surface area (Å²) in [6.07, 6.45) is 4.79. The van der Waals surface area contributed by atoms with Gasteiger partial charge in [0.05, 0.1) is 0 Å². The van der Waals surface area contributed by atoms with Gasteiger partial charge in [-0.25, -0.2) is 0 Å². The Morgan fingerprint density at radius 2 is 1.71 bits per heavy atom. The van der Waals surface area contributed by atoms with Crippen LogP contribution in [0.3, 0.4) is 0 Å². The third-order valence-corrected chi connectivity index (χ3v) is 4.19. The molecule has 17 heavy (non-hydrogen) atoms. The molecule has 2 rings (SSSR count). The van der Waals surface area contributed by atoms with Crippen molar-refractivity contribution >= 4 is 5.57 Å². The quantitative estimate of drug-likeness (QED) is 0.653. The number of aryl methyl sites for hydroxylation is 1. The highest BCUT2D eigenvalue weighted by Gasteiger charge is 2.29. The van der Waals surface area contributed by atoms with Gasteiger partial charge in [-0.1, -0.05) is 51.5 Å². The molecule has 1 aromatic rings. The molecule has 1 aliphatic rings. The van der Waals surface area contributed by atoms with Crippen LogP contribution in [0.4, 0.5) is 0 Å². The van der Waals surface area contributed by atoms with Crippen molar-refractivity contribution in [2.75, 3.05) is 0 Å². The fourth-order valence-corrected chi connectivity index (χ4v) is 3.46. The molecule has 0 fully saturated rings. The zero-order valence-corrected chi connectivity index (χ0v) is 11.6. The Kier molecular flexibility index (Phi) is 3.71. The van der Waals surface area contributed by atoms with E-state index in [4.69, 9.17) is 0 Å². The first-order valence-corrected chi connectivity index (χ1v) is 7.12. The monoisotopic (exact) mass is 228 g/mol. The first-order chi connectivity index (χ1) is 8.28. The summed E-state index contributed by atoms with van der Waals surface area (Å²) in [6.45, 7) is 9.21. The van der Waals surface area contributed by atoms with E-state index in [-0.39, 0.29) is 0 Å². The SMILES string of the molecule is CCC1=C(CC)C(CC)c2cccc(CC)c21. The second kappa shape index (κ2) is 5.08. The van der Waals surface area contributed by atoms with Gasteiger partial charge in [0.25, 0.3) is 0 Å². The van der Waals surface area contributed by atoms with Gasteiger partial charge in [0.2, 0.25) is 0 Å². The minimum absolute atomic E-state index is 0.691. The van der Waals surface area contributed by atoms with Crippen LogP contribution >= 0.6 is 0 Å². The van der Waals surface area contributed by atoms with Gasteiger partial charge in [-0.05, 0) is 47.9 Å². The molecule has 0 nitrogen and oxygen atoms in total. The van der Waals surface area contributed by atoms with E-state index in [1.165, 1.54) is 19.3 Å². The van der Waals surface area contributed by atoms with Crippen LogP contribution in [0.2, 0.25) is 0 Å². The lowest BCUT2D eigenvalue weighted by Gasteiger charge is -2.13. The van der Waals surface area contributed by atoms with E-state index < -0.39 is 0 Å². The molecule has 0 N–H and O–H groups in total. The molecule has 0 amide bonds. The largest absolute Gasteiger partial charge is 0.0645 e. The van der Waals surface area contributed by atoms with Crippen LogP contribution in [-0.4, -0.2) is 0 Å². The van der Waals surface area contributed by atoms with Gasteiger partial charge >= 0.3 is 0 Å². The molecule has 92 valence electrons. The van der Waals surface area contributed by atoms with Gasteiger partial charge in [0.1, 0.15) is 0 Å². The fraction of sp³-hybridized carbons (Fsp3) is 0.529. The predicted molar refractivity (Wildman–Crippen MR) is 76.4 cm³/mol. The van der Waals surface area contributed by atoms with Crippen molar-refractivity contribution in [3.63, 3.8) is 0 Å². The second-order valence-electron chi connectivity index (χ2n) is 4.91. The number of hydrogen-bond donors (Lipinski definition) is 0. The normalized spacial score (nSPS) is 18.7. The summed E-state index contributed by atoms with van der Waals surface area (Å²) in [4.78, 5) is 0. The first-order valence-electron chi connectivity index (χ1n) is 7.12. The van der Waals surface area contributed by atoms with Crippen molar-refractivity contribution in [3.8, 4) is 0 Å². The maximum atomic E-state index is 2.35. The molecule has 0 saturated carbocycles. The summed E-state index contributed by atoms with van der Waals surface area (Å²) in [6, 6.07) is 6.90. The van der Waals surface area contributed by atoms with E-state index in [2.05, 4.69) is 45.9 Å². The number of benzene rings is 1. The van der Waals surface area contributed by atoms with Gasteiger partial charge in [-0.15, -0.1) is 0 Å². The predicted octanol–water partition coefficient (Wildman–Crippen LogP) is 5.33. The lowest BCUT2D eigenvalue weighted by molar-refractivity contribution is 0.745. The Balaban J connectivity index is 2.64. The molecule has 0 spiro atoms. The van der Waals surface area contributed by atoms with E-state index >= 15 is 0 Å². The smallest absolute Gasteiger partial charge is 0.00576 e. The third kappa shape index (κ3) is 1.84. The highest BCUT2D eigenvalue weighted by atomic mass is 14.3. The van der Waals surface area contributed by atoms with E-state index in [1.807, 2.05) is 0 Å². The molecule has 0 heteroatoms. The minimum atomic E-state index is 0.691. The maximum absolute atomic E-state index is 2.35. The summed E-state index contributed by atoms with van der Waals surface area (Å²) < 4.78 is 0. The Labute approximate surface area is 106 Å². The fourth-order valence-electron chi connectivity index (χ4n) is 3.46. The van der Waals surface area contributed by atoms with Crippen molar-refractivity contribution in [3.05, 3.63) is 40.5 Å². The van der Waals surface area contributed by atoms with Crippen LogP contribution in [0.1, 0.15) is 69.6 Å². The topological polar surface area (TPSA) is 0 Å². The molecule has 1 aromatic carbocycles. The van der Waals surface area contributed by atoms with Gasteiger partial charge in [-0.3, -0.25) is 0 Å². The number of fused-ring (bicyclic) bond motifs is 1. The molecular formula is C17H24. The Bertz CT molecular complexity index is 437. The van der Waals surface area contributed by atoms with Crippen LogP contribution in [-0.2, 0) is 6.42 Å². The zero-order chi connectivity index (χ0) is 12.4. The number of hydrogen-bond acceptors (Lipinski definition) is 0. The molecule has 0 aliphatic heterocycles. The van der Waals surface area contributed by atoms with Crippen LogP contribution in [0, 0.1) is 0 Å². The van der Waals surface area contributed by atoms with Crippen LogP contribution in [0.5, 0.6) is 0 Å². The van der Waals surface area contributed by atoms with E-state index in [0.717, 1.165) is 6.42 Å². The minimum Gasteiger partial charge on any atom is -0.0645 e. The molecule has 0 radical (unpaired) electrons. The summed E-state index contributed by atoms with van der Waals surface area (Å²) in [5.74, 6) is 0.691. The van der Waals surface area contributed by atoms with Crippen molar-refractivity contribution in [1.82, 2.24) is 0 Å². The summed E-state index contributed by atoms with van der Waals surface area (Å²) in [5.41, 5.74) is 8.08. The number of rotatable bonds is 4. The van der Waals surface area contributed by atoms with Crippen LogP contribution in [0.15, 0.2) is 23.8 Å². The highest BCUT2D eigenvalue weighted by Crippen LogP contribution is 2.47. The zero-order valence-electron chi connectivity index (χ0n) is 11.6. The van der Waals surface area contributed by atoms with Crippen molar-refractivity contribution in [1.29, 1.82) is 0 Å². The maximum Gasteiger partial charge on any atom is 0.00576 e. The van der Waals surface area contributed by atoms with E-state index in [9.17, 15) is 0 Å². The summed E-state index contributed by atoms with van der Waals surface area (Å²) >= 11 is 0. The van der Waals surface area contributed by atoms with Gasteiger partial charge in [0.15, 0.2) is 0 Å². The van der Waals surface area contributed by atoms with Crippen molar-refractivity contribution < 1.29 is 0 Å². The molecule has 0 aromatic heterocycles. The Morgan fingerprint density at radius 1 is 0.941 bits per heavy atom. The lowest BCUT2D eigenvalue weighted by atomic mass is 9.91. The summed E-state index contributed by atoms with van der Waals surface area (Å²) in [5, 5.41) is 0. The molecule has 0 saturated heterocycles. The molecule has 0 heterocycles. The lowest BCUT2D eigenvalue weighted by Crippen LogP contribution is -1.97. The van der Waals surface area contributed by atoms with E-state index in [0.29, 0.717) is 5.92 Å². The van der Waals surface area contributed by atoms with Crippen molar-refractivity contribution in [2.24, 2.45) is 0 Å². The number of allylic oxidation sites excluding steroid dienone is 2. The van der Waals surface area contributed by atoms with Gasteiger partial charge in [0, 0.05) is 5.92 Å². The van der Waals surface area contributed by atoms with Gasteiger partial charge in [-0.2, -0.15) is 0 Å². The van der Waals surface area contributed by atoms with Crippen LogP contribution < -0.4 is 0 Å². The molecular weight excluding hydrogens is 204 g/mol. The van der Waals surface area contributed by atoms with Crippen molar-refractivity contribution in [2.45, 2.75) is 59.3 Å². The molecule has 1 unspecified atom stereocenters. The first kappa shape index (κ1) is 12.4. The Hall–Kier alpha value is -1.04. The molecule has 1 atom stereocenters. The standard InChI is InChI=1S/C17H24/c1-5-12-10-9-11-16-14(7-3)13(6-2)15(8-4)17(12)16/h9-11,14H,5-8H2,1-4H3. The Morgan fingerprint density at radius 3 is 2.24 bits per heavy atom. The highest BCUT2D eigenvalue weighted by molar-refractivity contribution is 5.80. The summed E-state index contributed by atoms with van der Waals surface area (Å²) in [7, 11) is 0. The van der Waals surface area contributed by atoms with Gasteiger partial charge < -0.3 is 0 Å². The third-order valence-electron chi connectivity index (χ3n) is 4.19. The molecule has 0 bridgehead atoms.